The largest absolute Gasteiger partial charge is 0.399 e. The number of nitrogens with two attached hydrogens (primary N) is 1. The maximum Gasteiger partial charge on any atom is 0.257 e. The summed E-state index contributed by atoms with van der Waals surface area (Å²) in [5, 5.41) is 12.3. The second kappa shape index (κ2) is 7.00. The maximum atomic E-state index is 12.0. The zero-order chi connectivity index (χ0) is 14.4. The van der Waals surface area contributed by atoms with Crippen molar-refractivity contribution in [2.24, 2.45) is 0 Å². The zero-order valence-corrected chi connectivity index (χ0v) is 12.2. The minimum atomic E-state index is -0.193. The van der Waals surface area contributed by atoms with Crippen molar-refractivity contribution < 1.29 is 4.79 Å². The van der Waals surface area contributed by atoms with Crippen LogP contribution in [-0.4, -0.2) is 16.1 Å². The van der Waals surface area contributed by atoms with E-state index < -0.39 is 0 Å². The second-order valence-electron chi connectivity index (χ2n) is 4.53. The van der Waals surface area contributed by atoms with Gasteiger partial charge in [0.1, 0.15) is 5.01 Å². The van der Waals surface area contributed by atoms with Gasteiger partial charge in [-0.2, -0.15) is 0 Å². The number of hydrogen-bond donors (Lipinski definition) is 2. The molecule has 0 aliphatic carbocycles. The Morgan fingerprint density at radius 1 is 1.25 bits per heavy atom. The Balaban J connectivity index is 1.92. The van der Waals surface area contributed by atoms with Gasteiger partial charge in [-0.05, 0) is 30.7 Å². The number of unbranched alkanes of at least 4 members (excludes halogenated alkanes) is 2. The highest BCUT2D eigenvalue weighted by atomic mass is 32.1. The number of aromatic nitrogens is 2. The topological polar surface area (TPSA) is 80.9 Å². The molecule has 1 heterocycles. The van der Waals surface area contributed by atoms with Crippen LogP contribution in [0.25, 0.3) is 0 Å². The standard InChI is InChI=1S/C14H18N4OS/c1-2-3-4-5-12-17-18-14(20-12)16-13(19)10-6-8-11(15)9-7-10/h6-9H,2-5,15H2,1H3,(H,16,18,19). The summed E-state index contributed by atoms with van der Waals surface area (Å²) in [6.07, 6.45) is 4.40. The van der Waals surface area contributed by atoms with Crippen LogP contribution in [0.4, 0.5) is 10.8 Å². The molecular weight excluding hydrogens is 272 g/mol. The van der Waals surface area contributed by atoms with Crippen molar-refractivity contribution in [2.45, 2.75) is 32.6 Å². The van der Waals surface area contributed by atoms with Crippen LogP contribution in [0, 0.1) is 0 Å². The second-order valence-corrected chi connectivity index (χ2v) is 5.60. The summed E-state index contributed by atoms with van der Waals surface area (Å²) in [4.78, 5) is 12.0. The van der Waals surface area contributed by atoms with Crippen molar-refractivity contribution in [3.63, 3.8) is 0 Å². The number of rotatable bonds is 6. The average Bonchev–Trinajstić information content (AvgIpc) is 2.87. The molecule has 2 aromatic rings. The number of aryl methyl sites for hydroxylation is 1. The number of nitrogens with one attached hydrogen (secondary N) is 1. The fourth-order valence-electron chi connectivity index (χ4n) is 1.74. The van der Waals surface area contributed by atoms with Crippen molar-refractivity contribution in [1.82, 2.24) is 10.2 Å². The van der Waals surface area contributed by atoms with Gasteiger partial charge in [-0.1, -0.05) is 31.1 Å². The highest BCUT2D eigenvalue weighted by molar-refractivity contribution is 7.15. The molecule has 0 unspecified atom stereocenters. The van der Waals surface area contributed by atoms with E-state index in [-0.39, 0.29) is 5.91 Å². The van der Waals surface area contributed by atoms with Crippen LogP contribution in [0.15, 0.2) is 24.3 Å². The van der Waals surface area contributed by atoms with Crippen molar-refractivity contribution >= 4 is 28.1 Å². The molecule has 0 bridgehead atoms. The average molecular weight is 290 g/mol. The first-order valence-corrected chi connectivity index (χ1v) is 7.50. The van der Waals surface area contributed by atoms with E-state index in [0.717, 1.165) is 17.8 Å². The molecule has 106 valence electrons. The lowest BCUT2D eigenvalue weighted by Crippen LogP contribution is -2.11. The molecule has 0 spiro atoms. The first-order valence-electron chi connectivity index (χ1n) is 6.68. The molecule has 0 fully saturated rings. The molecule has 20 heavy (non-hydrogen) atoms. The lowest BCUT2D eigenvalue weighted by atomic mass is 10.2. The minimum Gasteiger partial charge on any atom is -0.399 e. The Morgan fingerprint density at radius 2 is 2.00 bits per heavy atom. The van der Waals surface area contributed by atoms with Crippen molar-refractivity contribution in [3.05, 3.63) is 34.8 Å². The summed E-state index contributed by atoms with van der Waals surface area (Å²) in [6, 6.07) is 6.78. The molecule has 0 saturated carbocycles. The fraction of sp³-hybridized carbons (Fsp3) is 0.357. The third kappa shape index (κ3) is 4.03. The predicted octanol–water partition coefficient (Wildman–Crippen LogP) is 3.11. The number of carbonyl (C=O) groups excluding carboxylic acids is 1. The molecule has 3 N–H and O–H groups in total. The number of benzene rings is 1. The van der Waals surface area contributed by atoms with Gasteiger partial charge in [-0.15, -0.1) is 10.2 Å². The normalized spacial score (nSPS) is 10.4. The van der Waals surface area contributed by atoms with E-state index in [1.165, 1.54) is 24.2 Å². The Kier molecular flexibility index (Phi) is 5.06. The van der Waals surface area contributed by atoms with E-state index in [2.05, 4.69) is 22.4 Å². The van der Waals surface area contributed by atoms with E-state index >= 15 is 0 Å². The van der Waals surface area contributed by atoms with E-state index in [4.69, 9.17) is 5.73 Å². The molecule has 1 aromatic heterocycles. The fourth-order valence-corrected chi connectivity index (χ4v) is 2.51. The van der Waals surface area contributed by atoms with Crippen LogP contribution < -0.4 is 11.1 Å². The van der Waals surface area contributed by atoms with Crippen LogP contribution in [0.2, 0.25) is 0 Å². The van der Waals surface area contributed by atoms with Gasteiger partial charge >= 0.3 is 0 Å². The summed E-state index contributed by atoms with van der Waals surface area (Å²) >= 11 is 1.43. The van der Waals surface area contributed by atoms with E-state index in [9.17, 15) is 4.79 Å². The first-order chi connectivity index (χ1) is 9.69. The number of carbonyl (C=O) groups is 1. The first kappa shape index (κ1) is 14.5. The molecule has 2 rings (SSSR count). The Morgan fingerprint density at radius 3 is 2.70 bits per heavy atom. The summed E-state index contributed by atoms with van der Waals surface area (Å²) in [5.74, 6) is -0.193. The highest BCUT2D eigenvalue weighted by Gasteiger charge is 2.09. The number of anilines is 2. The Bertz CT molecular complexity index is 565. The lowest BCUT2D eigenvalue weighted by Gasteiger charge is -2.01. The molecule has 1 aromatic carbocycles. The van der Waals surface area contributed by atoms with Crippen LogP contribution >= 0.6 is 11.3 Å². The van der Waals surface area contributed by atoms with Crippen molar-refractivity contribution in [2.75, 3.05) is 11.1 Å². The molecule has 1 amide bonds. The van der Waals surface area contributed by atoms with Crippen molar-refractivity contribution in [3.8, 4) is 0 Å². The molecule has 0 radical (unpaired) electrons. The van der Waals surface area contributed by atoms with E-state index in [0.29, 0.717) is 16.4 Å². The smallest absolute Gasteiger partial charge is 0.257 e. The monoisotopic (exact) mass is 290 g/mol. The van der Waals surface area contributed by atoms with Gasteiger partial charge in [0.05, 0.1) is 0 Å². The van der Waals surface area contributed by atoms with Gasteiger partial charge in [0.2, 0.25) is 5.13 Å². The van der Waals surface area contributed by atoms with Gasteiger partial charge in [-0.3, -0.25) is 10.1 Å². The van der Waals surface area contributed by atoms with Gasteiger partial charge < -0.3 is 5.73 Å². The highest BCUT2D eigenvalue weighted by Crippen LogP contribution is 2.18. The van der Waals surface area contributed by atoms with Gasteiger partial charge in [0, 0.05) is 17.7 Å². The number of nitrogen functional groups attached to an aromatic ring is 1. The van der Waals surface area contributed by atoms with Crippen LogP contribution in [0.5, 0.6) is 0 Å². The van der Waals surface area contributed by atoms with Crippen LogP contribution in [0.3, 0.4) is 0 Å². The van der Waals surface area contributed by atoms with Crippen molar-refractivity contribution in [1.29, 1.82) is 0 Å². The van der Waals surface area contributed by atoms with Gasteiger partial charge in [0.25, 0.3) is 5.91 Å². The minimum absolute atomic E-state index is 0.193. The summed E-state index contributed by atoms with van der Waals surface area (Å²) < 4.78 is 0. The quantitative estimate of drug-likeness (QED) is 0.632. The zero-order valence-electron chi connectivity index (χ0n) is 11.4. The summed E-state index contributed by atoms with van der Waals surface area (Å²) in [5.41, 5.74) is 6.78. The predicted molar refractivity (Wildman–Crippen MR) is 81.9 cm³/mol. The molecule has 0 saturated heterocycles. The molecule has 0 atom stereocenters. The third-order valence-corrected chi connectivity index (χ3v) is 3.75. The summed E-state index contributed by atoms with van der Waals surface area (Å²) in [6.45, 7) is 2.17. The molecule has 0 aliphatic rings. The molecule has 6 heteroatoms. The molecule has 5 nitrogen and oxygen atoms in total. The number of hydrogen-bond acceptors (Lipinski definition) is 5. The SMILES string of the molecule is CCCCCc1nnc(NC(=O)c2ccc(N)cc2)s1. The van der Waals surface area contributed by atoms with E-state index in [1.54, 1.807) is 24.3 Å². The van der Waals surface area contributed by atoms with Gasteiger partial charge in [-0.25, -0.2) is 0 Å². The third-order valence-electron chi connectivity index (χ3n) is 2.85. The van der Waals surface area contributed by atoms with Crippen LogP contribution in [-0.2, 0) is 6.42 Å². The van der Waals surface area contributed by atoms with Gasteiger partial charge in [0.15, 0.2) is 0 Å². The lowest BCUT2D eigenvalue weighted by molar-refractivity contribution is 0.102. The maximum absolute atomic E-state index is 12.0. The Hall–Kier alpha value is -1.95. The molecule has 0 aliphatic heterocycles. The summed E-state index contributed by atoms with van der Waals surface area (Å²) in [7, 11) is 0. The number of nitrogens with zero attached hydrogens (tertiary/aromatic N) is 2. The van der Waals surface area contributed by atoms with E-state index in [1.807, 2.05) is 0 Å². The Labute approximate surface area is 122 Å². The number of amides is 1. The van der Waals surface area contributed by atoms with Crippen LogP contribution in [0.1, 0.15) is 41.6 Å². The molecular formula is C14H18N4OS.